The van der Waals surface area contributed by atoms with Gasteiger partial charge >= 0.3 is 5.97 Å². The molecule has 27 heavy (non-hydrogen) atoms. The number of halogens is 1. The molecule has 142 valence electrons. The van der Waals surface area contributed by atoms with Gasteiger partial charge in [0.15, 0.2) is 5.78 Å². The van der Waals surface area contributed by atoms with Gasteiger partial charge in [-0.2, -0.15) is 0 Å². The number of ketones is 1. The van der Waals surface area contributed by atoms with Gasteiger partial charge in [0.2, 0.25) is 0 Å². The van der Waals surface area contributed by atoms with Gasteiger partial charge in [0, 0.05) is 17.7 Å². The van der Waals surface area contributed by atoms with E-state index in [0.717, 1.165) is 30.5 Å². The van der Waals surface area contributed by atoms with Crippen molar-refractivity contribution in [3.8, 4) is 0 Å². The van der Waals surface area contributed by atoms with Crippen LogP contribution in [0.4, 0.5) is 4.39 Å². The summed E-state index contributed by atoms with van der Waals surface area (Å²) < 4.78 is 18.9. The van der Waals surface area contributed by atoms with Crippen LogP contribution < -0.4 is 0 Å². The molecule has 1 heterocycles. The predicted octanol–water partition coefficient (Wildman–Crippen LogP) is 4.72. The molecule has 3 atom stereocenters. The lowest BCUT2D eigenvalue weighted by atomic mass is 9.81. The quantitative estimate of drug-likeness (QED) is 0.797. The molecule has 0 unspecified atom stereocenters. The second-order valence-electron chi connectivity index (χ2n) is 7.91. The summed E-state index contributed by atoms with van der Waals surface area (Å²) in [4.78, 5) is 28.6. The molecule has 0 spiro atoms. The highest BCUT2D eigenvalue weighted by Gasteiger charge is 2.34. The SMILES string of the molecule is Cc1c(C(=O)O[C@@H]2CCC[C@H]2C)[nH]c2c1C(=O)C[C@H](c1ccc(F)cc1)C2. The molecule has 0 saturated heterocycles. The summed E-state index contributed by atoms with van der Waals surface area (Å²) in [7, 11) is 0. The standard InChI is InChI=1S/C22H24FNO3/c1-12-4-3-5-19(12)27-22(26)21-13(2)20-17(24-21)10-15(11-18(20)25)14-6-8-16(23)9-7-14/h6-9,12,15,19,24H,3-5,10-11H2,1-2H3/t12-,15-,19-/m1/s1. The van der Waals surface area contributed by atoms with E-state index in [1.54, 1.807) is 19.1 Å². The number of aromatic amines is 1. The molecular formula is C22H24FNO3. The normalized spacial score (nSPS) is 24.7. The minimum absolute atomic E-state index is 0.0117. The van der Waals surface area contributed by atoms with Crippen LogP contribution in [0.25, 0.3) is 0 Å². The number of hydrogen-bond acceptors (Lipinski definition) is 3. The van der Waals surface area contributed by atoms with E-state index in [2.05, 4.69) is 11.9 Å². The number of Topliss-reactive ketones (excluding diaryl/α,β-unsaturated/α-hetero) is 1. The van der Waals surface area contributed by atoms with Crippen LogP contribution in [0, 0.1) is 18.7 Å². The summed E-state index contributed by atoms with van der Waals surface area (Å²) in [5.74, 6) is -0.270. The average molecular weight is 369 g/mol. The topological polar surface area (TPSA) is 59.2 Å². The van der Waals surface area contributed by atoms with Crippen LogP contribution in [0.2, 0.25) is 0 Å². The van der Waals surface area contributed by atoms with Crippen molar-refractivity contribution in [3.63, 3.8) is 0 Å². The van der Waals surface area contributed by atoms with E-state index < -0.39 is 0 Å². The Morgan fingerprint density at radius 2 is 1.93 bits per heavy atom. The molecule has 2 aliphatic carbocycles. The van der Waals surface area contributed by atoms with Gasteiger partial charge in [0.25, 0.3) is 0 Å². The van der Waals surface area contributed by atoms with Gasteiger partial charge in [-0.25, -0.2) is 9.18 Å². The Balaban J connectivity index is 1.58. The first-order valence-electron chi connectivity index (χ1n) is 9.65. The molecule has 1 aromatic heterocycles. The van der Waals surface area contributed by atoms with E-state index >= 15 is 0 Å². The number of fused-ring (bicyclic) bond motifs is 1. The number of nitrogens with one attached hydrogen (secondary N) is 1. The van der Waals surface area contributed by atoms with Gasteiger partial charge in [-0.3, -0.25) is 4.79 Å². The number of H-pyrrole nitrogens is 1. The van der Waals surface area contributed by atoms with Crippen LogP contribution in [-0.4, -0.2) is 22.8 Å². The summed E-state index contributed by atoms with van der Waals surface area (Å²) in [6.07, 6.45) is 4.01. The third kappa shape index (κ3) is 3.31. The molecule has 1 saturated carbocycles. The fourth-order valence-corrected chi connectivity index (χ4v) is 4.49. The number of carbonyl (C=O) groups excluding carboxylic acids is 2. The van der Waals surface area contributed by atoms with Gasteiger partial charge in [0.05, 0.1) is 0 Å². The Hall–Kier alpha value is -2.43. The van der Waals surface area contributed by atoms with Crippen molar-refractivity contribution in [1.82, 2.24) is 4.98 Å². The van der Waals surface area contributed by atoms with E-state index in [4.69, 9.17) is 4.74 Å². The molecule has 2 aliphatic rings. The number of rotatable bonds is 3. The Bertz CT molecular complexity index is 884. The Labute approximate surface area is 158 Å². The lowest BCUT2D eigenvalue weighted by Gasteiger charge is -2.22. The molecule has 1 aromatic carbocycles. The van der Waals surface area contributed by atoms with Crippen molar-refractivity contribution in [2.75, 3.05) is 0 Å². The first-order valence-corrected chi connectivity index (χ1v) is 9.65. The Morgan fingerprint density at radius 3 is 2.59 bits per heavy atom. The van der Waals surface area contributed by atoms with Crippen LogP contribution in [0.1, 0.15) is 76.2 Å². The van der Waals surface area contributed by atoms with Crippen LogP contribution in [-0.2, 0) is 11.2 Å². The molecule has 1 fully saturated rings. The molecule has 2 aromatic rings. The van der Waals surface area contributed by atoms with Gasteiger partial charge in [-0.15, -0.1) is 0 Å². The molecule has 0 amide bonds. The highest BCUT2D eigenvalue weighted by atomic mass is 19.1. The summed E-state index contributed by atoms with van der Waals surface area (Å²) in [6, 6.07) is 6.29. The number of esters is 1. The van der Waals surface area contributed by atoms with Crippen molar-refractivity contribution in [2.24, 2.45) is 5.92 Å². The third-order valence-electron chi connectivity index (χ3n) is 6.08. The van der Waals surface area contributed by atoms with Crippen molar-refractivity contribution in [3.05, 3.63) is 58.2 Å². The van der Waals surface area contributed by atoms with Crippen molar-refractivity contribution in [1.29, 1.82) is 0 Å². The highest BCUT2D eigenvalue weighted by Crippen LogP contribution is 2.36. The maximum absolute atomic E-state index is 13.2. The van der Waals surface area contributed by atoms with E-state index in [1.165, 1.54) is 12.1 Å². The zero-order valence-electron chi connectivity index (χ0n) is 15.7. The summed E-state index contributed by atoms with van der Waals surface area (Å²) in [5.41, 5.74) is 3.42. The van der Waals surface area contributed by atoms with Gasteiger partial charge in [-0.05, 0) is 67.7 Å². The summed E-state index contributed by atoms with van der Waals surface area (Å²) >= 11 is 0. The van der Waals surface area contributed by atoms with Crippen LogP contribution >= 0.6 is 0 Å². The van der Waals surface area contributed by atoms with E-state index in [0.29, 0.717) is 35.6 Å². The monoisotopic (exact) mass is 369 g/mol. The average Bonchev–Trinajstić information content (AvgIpc) is 3.19. The number of benzene rings is 1. The second-order valence-corrected chi connectivity index (χ2v) is 7.91. The number of carbonyl (C=O) groups is 2. The van der Waals surface area contributed by atoms with Gasteiger partial charge in [-0.1, -0.05) is 19.1 Å². The molecule has 0 aliphatic heterocycles. The minimum atomic E-state index is -0.369. The fraction of sp³-hybridized carbons (Fsp3) is 0.455. The maximum atomic E-state index is 13.2. The Kier molecular flexibility index (Phi) is 4.62. The van der Waals surface area contributed by atoms with Crippen LogP contribution in [0.3, 0.4) is 0 Å². The molecule has 4 nitrogen and oxygen atoms in total. The molecule has 5 heteroatoms. The van der Waals surface area contributed by atoms with Gasteiger partial charge in [0.1, 0.15) is 17.6 Å². The molecule has 1 N–H and O–H groups in total. The lowest BCUT2D eigenvalue weighted by molar-refractivity contribution is 0.0219. The zero-order valence-corrected chi connectivity index (χ0v) is 15.7. The van der Waals surface area contributed by atoms with Crippen molar-refractivity contribution in [2.45, 2.75) is 58.0 Å². The van der Waals surface area contributed by atoms with E-state index in [9.17, 15) is 14.0 Å². The number of hydrogen-bond donors (Lipinski definition) is 1. The zero-order chi connectivity index (χ0) is 19.1. The molecule has 4 rings (SSSR count). The maximum Gasteiger partial charge on any atom is 0.355 e. The second kappa shape index (κ2) is 6.95. The van der Waals surface area contributed by atoms with Crippen LogP contribution in [0.15, 0.2) is 24.3 Å². The predicted molar refractivity (Wildman–Crippen MR) is 99.5 cm³/mol. The van der Waals surface area contributed by atoms with E-state index in [-0.39, 0.29) is 29.6 Å². The first-order chi connectivity index (χ1) is 12.9. The summed E-state index contributed by atoms with van der Waals surface area (Å²) in [6.45, 7) is 3.91. The van der Waals surface area contributed by atoms with Crippen molar-refractivity contribution < 1.29 is 18.7 Å². The smallest absolute Gasteiger partial charge is 0.355 e. The largest absolute Gasteiger partial charge is 0.457 e. The van der Waals surface area contributed by atoms with Gasteiger partial charge < -0.3 is 9.72 Å². The van der Waals surface area contributed by atoms with Crippen LogP contribution in [0.5, 0.6) is 0 Å². The van der Waals surface area contributed by atoms with Crippen molar-refractivity contribution >= 4 is 11.8 Å². The molecule has 0 radical (unpaired) electrons. The molecular weight excluding hydrogens is 345 g/mol. The minimum Gasteiger partial charge on any atom is -0.457 e. The number of ether oxygens (including phenoxy) is 1. The molecule has 0 bridgehead atoms. The van der Waals surface area contributed by atoms with E-state index in [1.807, 2.05) is 0 Å². The lowest BCUT2D eigenvalue weighted by Crippen LogP contribution is -2.21. The fourth-order valence-electron chi connectivity index (χ4n) is 4.49. The Morgan fingerprint density at radius 1 is 1.19 bits per heavy atom. The highest BCUT2D eigenvalue weighted by molar-refractivity contribution is 6.03. The first kappa shape index (κ1) is 18.0. The number of aromatic nitrogens is 1. The summed E-state index contributed by atoms with van der Waals surface area (Å²) in [5, 5.41) is 0. The third-order valence-corrected chi connectivity index (χ3v) is 6.08.